The zero-order valence-electron chi connectivity index (χ0n) is 21.5. The molecule has 0 aromatic rings. The molecule has 0 rings (SSSR count). The quantitative estimate of drug-likeness (QED) is 0.133. The lowest BCUT2D eigenvalue weighted by molar-refractivity contribution is -0.884. The predicted octanol–water partition coefficient (Wildman–Crippen LogP) is 5.14. The molecule has 0 aliphatic carbocycles. The Morgan fingerprint density at radius 1 is 0.750 bits per heavy atom. The van der Waals surface area contributed by atoms with Gasteiger partial charge >= 0.3 is 0 Å². The van der Waals surface area contributed by atoms with E-state index in [0.717, 1.165) is 25.7 Å². The van der Waals surface area contributed by atoms with Gasteiger partial charge in [-0.2, -0.15) is 0 Å². The van der Waals surface area contributed by atoms with Crippen molar-refractivity contribution >= 4 is 11.9 Å². The fraction of sp³-hybridized carbons (Fsp3) is 0.852. The van der Waals surface area contributed by atoms with Crippen molar-refractivity contribution in [1.82, 2.24) is 5.32 Å². The van der Waals surface area contributed by atoms with Gasteiger partial charge in [0.05, 0.1) is 26.6 Å². The van der Waals surface area contributed by atoms with E-state index in [0.29, 0.717) is 24.0 Å². The maximum Gasteiger partial charge on any atom is 0.220 e. The molecule has 0 unspecified atom stereocenters. The van der Waals surface area contributed by atoms with Crippen LogP contribution >= 0.6 is 0 Å². The molecule has 32 heavy (non-hydrogen) atoms. The van der Waals surface area contributed by atoms with E-state index in [4.69, 9.17) is 0 Å². The van der Waals surface area contributed by atoms with E-state index >= 15 is 0 Å². The average Bonchev–Trinajstić information content (AvgIpc) is 2.72. The van der Waals surface area contributed by atoms with Crippen molar-refractivity contribution in [2.45, 2.75) is 116 Å². The van der Waals surface area contributed by atoms with Crippen LogP contribution in [0.25, 0.3) is 0 Å². The molecule has 5 heteroatoms. The third-order valence-electron chi connectivity index (χ3n) is 5.99. The number of rotatable bonds is 23. The lowest BCUT2D eigenvalue weighted by atomic mass is 10.0. The number of carbonyl (C=O) groups excluding carboxylic acids is 2. The van der Waals surface area contributed by atoms with Crippen molar-refractivity contribution in [1.29, 1.82) is 0 Å². The molecule has 0 radical (unpaired) electrons. The molecular weight excluding hydrogens is 400 g/mol. The molecule has 188 valence electrons. The van der Waals surface area contributed by atoms with E-state index in [-0.39, 0.29) is 12.5 Å². The van der Waals surface area contributed by atoms with Crippen molar-refractivity contribution in [3.63, 3.8) is 0 Å². The van der Waals surface area contributed by atoms with Gasteiger partial charge < -0.3 is 19.7 Å². The summed E-state index contributed by atoms with van der Waals surface area (Å²) in [4.78, 5) is 22.5. The third-order valence-corrected chi connectivity index (χ3v) is 5.99. The smallest absolute Gasteiger partial charge is 0.220 e. The second-order valence-corrected chi connectivity index (χ2v) is 9.93. The van der Waals surface area contributed by atoms with Gasteiger partial charge in [-0.05, 0) is 25.7 Å². The molecule has 0 bridgehead atoms. The minimum absolute atomic E-state index is 0.000461. The zero-order valence-corrected chi connectivity index (χ0v) is 21.5. The third kappa shape index (κ3) is 23.3. The summed E-state index contributed by atoms with van der Waals surface area (Å²) in [5.74, 6) is -0.949. The van der Waals surface area contributed by atoms with Crippen molar-refractivity contribution in [2.75, 3.05) is 33.7 Å². The van der Waals surface area contributed by atoms with Crippen LogP contribution in [-0.2, 0) is 9.59 Å². The molecule has 0 heterocycles. The number of nitrogens with zero attached hydrogens (tertiary/aromatic N) is 1. The van der Waals surface area contributed by atoms with Gasteiger partial charge in [0, 0.05) is 19.4 Å². The Bertz CT molecular complexity index is 489. The first-order chi connectivity index (χ1) is 15.4. The summed E-state index contributed by atoms with van der Waals surface area (Å²) in [6, 6.07) is 0. The van der Waals surface area contributed by atoms with Crippen LogP contribution in [0.3, 0.4) is 0 Å². The monoisotopic (exact) mass is 452 g/mol. The van der Waals surface area contributed by atoms with Gasteiger partial charge in [0.2, 0.25) is 5.91 Å². The van der Waals surface area contributed by atoms with E-state index in [2.05, 4.69) is 24.4 Å². The summed E-state index contributed by atoms with van der Waals surface area (Å²) in [7, 11) is 3.72. The Kier molecular flexibility index (Phi) is 20.6. The molecule has 1 amide bonds. The van der Waals surface area contributed by atoms with Crippen molar-refractivity contribution in [3.8, 4) is 0 Å². The second kappa shape index (κ2) is 21.5. The average molecular weight is 453 g/mol. The second-order valence-electron chi connectivity index (χ2n) is 9.93. The predicted molar refractivity (Wildman–Crippen MR) is 133 cm³/mol. The van der Waals surface area contributed by atoms with Crippen LogP contribution in [0.1, 0.15) is 116 Å². The maximum atomic E-state index is 11.9. The van der Waals surface area contributed by atoms with Crippen LogP contribution in [0, 0.1) is 0 Å². The summed E-state index contributed by atoms with van der Waals surface area (Å²) in [6.07, 6.45) is 25.4. The first-order valence-corrected chi connectivity index (χ1v) is 13.3. The summed E-state index contributed by atoms with van der Waals surface area (Å²) < 4.78 is 0.377. The summed E-state index contributed by atoms with van der Waals surface area (Å²) >= 11 is 0. The van der Waals surface area contributed by atoms with Gasteiger partial charge in [-0.3, -0.25) is 4.79 Å². The van der Waals surface area contributed by atoms with Crippen molar-refractivity contribution in [3.05, 3.63) is 12.2 Å². The number of unbranched alkanes of at least 4 members (excludes halogenated alkanes) is 13. The molecule has 0 atom stereocenters. The van der Waals surface area contributed by atoms with Crippen LogP contribution in [-0.4, -0.2) is 50.1 Å². The Morgan fingerprint density at radius 3 is 1.78 bits per heavy atom. The number of carboxylic acid groups (broad SMARTS) is 1. The fourth-order valence-corrected chi connectivity index (χ4v) is 3.97. The maximum absolute atomic E-state index is 11.9. The Labute approximate surface area is 198 Å². The van der Waals surface area contributed by atoms with Gasteiger partial charge in [-0.1, -0.05) is 89.7 Å². The highest BCUT2D eigenvalue weighted by Gasteiger charge is 2.14. The molecule has 0 saturated carbocycles. The lowest BCUT2D eigenvalue weighted by Gasteiger charge is -2.30. The van der Waals surface area contributed by atoms with Gasteiger partial charge in [0.15, 0.2) is 0 Å². The number of quaternary nitrogens is 1. The Hall–Kier alpha value is -1.36. The van der Waals surface area contributed by atoms with Crippen molar-refractivity contribution in [2.24, 2.45) is 0 Å². The molecule has 0 saturated heterocycles. The molecule has 0 aromatic carbocycles. The van der Waals surface area contributed by atoms with E-state index < -0.39 is 5.97 Å². The van der Waals surface area contributed by atoms with Crippen LogP contribution < -0.4 is 10.4 Å². The first kappa shape index (κ1) is 30.6. The van der Waals surface area contributed by atoms with Gasteiger partial charge in [-0.25, -0.2) is 0 Å². The number of hydrogen-bond acceptors (Lipinski definition) is 3. The molecular formula is C27H52N2O3. The Morgan fingerprint density at radius 2 is 1.25 bits per heavy atom. The fourth-order valence-electron chi connectivity index (χ4n) is 3.97. The lowest BCUT2D eigenvalue weighted by Crippen LogP contribution is -2.49. The first-order valence-electron chi connectivity index (χ1n) is 13.3. The number of aliphatic carboxylic acids is 1. The standard InChI is InChI=1S/C27H52N2O3/c1-4-5-6-7-8-9-10-11-12-13-14-15-16-17-18-19-20-22-26(30)28-23-21-24-29(2,3)25-27(31)32/h17-18H,4-16,19-25H2,1-3H3,(H-,28,30,31,32)/b18-17-. The van der Waals surface area contributed by atoms with Gasteiger partial charge in [0.1, 0.15) is 6.54 Å². The number of nitrogens with one attached hydrogen (secondary N) is 1. The van der Waals surface area contributed by atoms with Crippen LogP contribution in [0.15, 0.2) is 12.2 Å². The normalized spacial score (nSPS) is 11.8. The van der Waals surface area contributed by atoms with Crippen LogP contribution in [0.5, 0.6) is 0 Å². The van der Waals surface area contributed by atoms with Gasteiger partial charge in [0.25, 0.3) is 0 Å². The largest absolute Gasteiger partial charge is 0.544 e. The summed E-state index contributed by atoms with van der Waals surface area (Å²) in [5, 5.41) is 13.6. The molecule has 0 aliphatic heterocycles. The molecule has 0 aliphatic rings. The highest BCUT2D eigenvalue weighted by molar-refractivity contribution is 5.75. The summed E-state index contributed by atoms with van der Waals surface area (Å²) in [5.41, 5.74) is 0. The summed E-state index contributed by atoms with van der Waals surface area (Å²) in [6.45, 7) is 3.58. The molecule has 0 fully saturated rings. The minimum Gasteiger partial charge on any atom is -0.544 e. The van der Waals surface area contributed by atoms with Gasteiger partial charge in [-0.15, -0.1) is 0 Å². The SMILES string of the molecule is CCCCCCCCCCCCCC/C=C\CCCC(=O)NCCC[N+](C)(C)CC(=O)[O-]. The number of likely N-dealkylation sites (N-methyl/N-ethyl adjacent to an activating group) is 1. The van der Waals surface area contributed by atoms with E-state index in [9.17, 15) is 14.7 Å². The van der Waals surface area contributed by atoms with Crippen LogP contribution in [0.4, 0.5) is 0 Å². The van der Waals surface area contributed by atoms with E-state index in [1.807, 2.05) is 14.1 Å². The molecule has 0 aromatic heterocycles. The number of allylic oxidation sites excluding steroid dienone is 2. The number of amides is 1. The highest BCUT2D eigenvalue weighted by Crippen LogP contribution is 2.12. The van der Waals surface area contributed by atoms with Crippen LogP contribution in [0.2, 0.25) is 0 Å². The molecule has 0 spiro atoms. The number of carboxylic acids is 1. The number of carbonyl (C=O) groups is 2. The minimum atomic E-state index is -1.04. The number of hydrogen-bond donors (Lipinski definition) is 1. The van der Waals surface area contributed by atoms with Crippen molar-refractivity contribution < 1.29 is 19.2 Å². The highest BCUT2D eigenvalue weighted by atomic mass is 16.4. The van der Waals surface area contributed by atoms with E-state index in [1.165, 1.54) is 77.0 Å². The molecule has 5 nitrogen and oxygen atoms in total. The molecule has 1 N–H and O–H groups in total. The Balaban J connectivity index is 3.38. The zero-order chi connectivity index (χ0) is 23.9. The van der Waals surface area contributed by atoms with E-state index in [1.54, 1.807) is 0 Å². The topological polar surface area (TPSA) is 69.2 Å².